The molecule has 0 aromatic heterocycles. The highest BCUT2D eigenvalue weighted by Crippen LogP contribution is 2.30. The Morgan fingerprint density at radius 3 is 2.41 bits per heavy atom. The van der Waals surface area contributed by atoms with Gasteiger partial charge in [0.2, 0.25) is 5.91 Å². The summed E-state index contributed by atoms with van der Waals surface area (Å²) in [4.78, 5) is 14.1. The van der Waals surface area contributed by atoms with E-state index in [4.69, 9.17) is 0 Å². The SMILES string of the molecule is CCCN(C(=O)C1CCC1)C1CCS(=O)(=O)C1. The number of hydrogen-bond donors (Lipinski definition) is 0. The summed E-state index contributed by atoms with van der Waals surface area (Å²) in [6.07, 6.45) is 4.63. The van der Waals surface area contributed by atoms with Crippen LogP contribution in [0.3, 0.4) is 0 Å². The van der Waals surface area contributed by atoms with Gasteiger partial charge in [-0.25, -0.2) is 8.42 Å². The van der Waals surface area contributed by atoms with Crippen LogP contribution in [0, 0.1) is 5.92 Å². The third-order valence-electron chi connectivity index (χ3n) is 3.85. The zero-order chi connectivity index (χ0) is 12.5. The first-order valence-electron chi connectivity index (χ1n) is 6.54. The zero-order valence-electron chi connectivity index (χ0n) is 10.4. The van der Waals surface area contributed by atoms with E-state index in [1.54, 1.807) is 0 Å². The van der Waals surface area contributed by atoms with Gasteiger partial charge in [0.1, 0.15) is 0 Å². The van der Waals surface area contributed by atoms with Crippen molar-refractivity contribution >= 4 is 15.7 Å². The van der Waals surface area contributed by atoms with Gasteiger partial charge in [-0.2, -0.15) is 0 Å². The number of carbonyl (C=O) groups is 1. The Kier molecular flexibility index (Phi) is 3.76. The maximum atomic E-state index is 12.2. The van der Waals surface area contributed by atoms with Crippen LogP contribution in [0.5, 0.6) is 0 Å². The van der Waals surface area contributed by atoms with Crippen molar-refractivity contribution in [1.29, 1.82) is 0 Å². The molecule has 17 heavy (non-hydrogen) atoms. The number of rotatable bonds is 4. The maximum absolute atomic E-state index is 12.2. The molecule has 1 heterocycles. The third kappa shape index (κ3) is 2.81. The second-order valence-corrected chi connectivity index (χ2v) is 7.45. The van der Waals surface area contributed by atoms with Crippen LogP contribution in [0.1, 0.15) is 39.0 Å². The lowest BCUT2D eigenvalue weighted by Crippen LogP contribution is -2.46. The molecule has 1 atom stereocenters. The molecule has 0 N–H and O–H groups in total. The standard InChI is InChI=1S/C12H21NO3S/c1-2-7-13(12(14)10-4-3-5-10)11-6-8-17(15,16)9-11/h10-11H,2-9H2,1H3. The normalized spacial score (nSPS) is 27.7. The lowest BCUT2D eigenvalue weighted by Gasteiger charge is -2.34. The van der Waals surface area contributed by atoms with E-state index in [2.05, 4.69) is 0 Å². The Bertz CT molecular complexity index is 387. The largest absolute Gasteiger partial charge is 0.338 e. The first kappa shape index (κ1) is 12.9. The zero-order valence-corrected chi connectivity index (χ0v) is 11.2. The van der Waals surface area contributed by atoms with Crippen LogP contribution in [-0.4, -0.2) is 43.3 Å². The smallest absolute Gasteiger partial charge is 0.225 e. The number of hydrogen-bond acceptors (Lipinski definition) is 3. The average molecular weight is 259 g/mol. The van der Waals surface area contributed by atoms with Crippen molar-refractivity contribution in [1.82, 2.24) is 4.90 Å². The highest BCUT2D eigenvalue weighted by Gasteiger charge is 2.37. The first-order valence-corrected chi connectivity index (χ1v) is 8.36. The monoisotopic (exact) mass is 259 g/mol. The summed E-state index contributed by atoms with van der Waals surface area (Å²) < 4.78 is 23.0. The van der Waals surface area contributed by atoms with Gasteiger partial charge in [-0.3, -0.25) is 4.79 Å². The van der Waals surface area contributed by atoms with Gasteiger partial charge in [0.25, 0.3) is 0 Å². The van der Waals surface area contributed by atoms with Crippen molar-refractivity contribution in [2.75, 3.05) is 18.1 Å². The van der Waals surface area contributed by atoms with Crippen LogP contribution in [0.25, 0.3) is 0 Å². The Morgan fingerprint density at radius 1 is 1.29 bits per heavy atom. The molecule has 2 rings (SSSR count). The molecule has 1 aliphatic carbocycles. The fourth-order valence-corrected chi connectivity index (χ4v) is 4.36. The molecule has 0 aromatic carbocycles. The summed E-state index contributed by atoms with van der Waals surface area (Å²) in [5.74, 6) is 0.784. The topological polar surface area (TPSA) is 54.5 Å². The predicted octanol–water partition coefficient (Wildman–Crippen LogP) is 1.21. The fourth-order valence-electron chi connectivity index (χ4n) is 2.62. The highest BCUT2D eigenvalue weighted by molar-refractivity contribution is 7.91. The van der Waals surface area contributed by atoms with Crippen molar-refractivity contribution < 1.29 is 13.2 Å². The van der Waals surface area contributed by atoms with Crippen LogP contribution < -0.4 is 0 Å². The Morgan fingerprint density at radius 2 is 2.00 bits per heavy atom. The number of nitrogens with zero attached hydrogens (tertiary/aromatic N) is 1. The molecule has 0 bridgehead atoms. The third-order valence-corrected chi connectivity index (χ3v) is 5.60. The molecule has 1 amide bonds. The lowest BCUT2D eigenvalue weighted by molar-refractivity contribution is -0.140. The van der Waals surface area contributed by atoms with Gasteiger partial charge in [0.05, 0.1) is 11.5 Å². The van der Waals surface area contributed by atoms with Gasteiger partial charge < -0.3 is 4.90 Å². The van der Waals surface area contributed by atoms with Crippen molar-refractivity contribution in [3.8, 4) is 0 Å². The summed E-state index contributed by atoms with van der Waals surface area (Å²) >= 11 is 0. The second-order valence-electron chi connectivity index (χ2n) is 5.22. The molecular weight excluding hydrogens is 238 g/mol. The van der Waals surface area contributed by atoms with E-state index in [9.17, 15) is 13.2 Å². The summed E-state index contributed by atoms with van der Waals surface area (Å²) in [5, 5.41) is 0. The minimum absolute atomic E-state index is 0.0620. The van der Waals surface area contributed by atoms with Crippen LogP contribution in [0.2, 0.25) is 0 Å². The number of amides is 1. The molecule has 1 unspecified atom stereocenters. The van der Waals surface area contributed by atoms with E-state index < -0.39 is 9.84 Å². The maximum Gasteiger partial charge on any atom is 0.225 e. The van der Waals surface area contributed by atoms with E-state index in [1.165, 1.54) is 0 Å². The summed E-state index contributed by atoms with van der Waals surface area (Å²) in [6.45, 7) is 2.74. The van der Waals surface area contributed by atoms with Gasteiger partial charge in [0, 0.05) is 18.5 Å². The lowest BCUT2D eigenvalue weighted by atomic mass is 9.84. The van der Waals surface area contributed by atoms with Crippen molar-refractivity contribution in [2.24, 2.45) is 5.92 Å². The Balaban J connectivity index is 2.04. The Hall–Kier alpha value is -0.580. The molecule has 1 saturated carbocycles. The quantitative estimate of drug-likeness (QED) is 0.762. The number of carbonyl (C=O) groups excluding carboxylic acids is 1. The molecular formula is C12H21NO3S. The van der Waals surface area contributed by atoms with Gasteiger partial charge in [0.15, 0.2) is 9.84 Å². The van der Waals surface area contributed by atoms with Gasteiger partial charge in [-0.1, -0.05) is 13.3 Å². The van der Waals surface area contributed by atoms with Gasteiger partial charge in [-0.05, 0) is 25.7 Å². The molecule has 1 saturated heterocycles. The second kappa shape index (κ2) is 4.96. The van der Waals surface area contributed by atoms with E-state index in [1.807, 2.05) is 11.8 Å². The highest BCUT2D eigenvalue weighted by atomic mass is 32.2. The van der Waals surface area contributed by atoms with E-state index in [0.29, 0.717) is 13.0 Å². The molecule has 0 aromatic rings. The van der Waals surface area contributed by atoms with Crippen molar-refractivity contribution in [2.45, 2.75) is 45.1 Å². The summed E-state index contributed by atoms with van der Waals surface area (Å²) in [5.41, 5.74) is 0. The van der Waals surface area contributed by atoms with E-state index >= 15 is 0 Å². The van der Waals surface area contributed by atoms with Crippen molar-refractivity contribution in [3.05, 3.63) is 0 Å². The minimum Gasteiger partial charge on any atom is -0.338 e. The van der Waals surface area contributed by atoms with Crippen LogP contribution >= 0.6 is 0 Å². The first-order chi connectivity index (χ1) is 8.03. The molecule has 1 aliphatic heterocycles. The average Bonchev–Trinajstić information content (AvgIpc) is 2.52. The summed E-state index contributed by atoms with van der Waals surface area (Å²) in [6, 6.07) is -0.0620. The molecule has 98 valence electrons. The van der Waals surface area contributed by atoms with E-state index in [0.717, 1.165) is 25.7 Å². The number of sulfone groups is 1. The van der Waals surface area contributed by atoms with Crippen LogP contribution in [-0.2, 0) is 14.6 Å². The molecule has 0 radical (unpaired) electrons. The minimum atomic E-state index is -2.90. The van der Waals surface area contributed by atoms with Gasteiger partial charge >= 0.3 is 0 Å². The molecule has 2 fully saturated rings. The van der Waals surface area contributed by atoms with Gasteiger partial charge in [-0.15, -0.1) is 0 Å². The summed E-state index contributed by atoms with van der Waals surface area (Å²) in [7, 11) is -2.90. The fraction of sp³-hybridized carbons (Fsp3) is 0.917. The predicted molar refractivity (Wildman–Crippen MR) is 66.4 cm³/mol. The Labute approximate surface area is 103 Å². The molecule has 2 aliphatic rings. The molecule has 0 spiro atoms. The van der Waals surface area contributed by atoms with Crippen LogP contribution in [0.4, 0.5) is 0 Å². The van der Waals surface area contributed by atoms with Crippen LogP contribution in [0.15, 0.2) is 0 Å². The van der Waals surface area contributed by atoms with E-state index in [-0.39, 0.29) is 29.4 Å². The van der Waals surface area contributed by atoms with Crippen molar-refractivity contribution in [3.63, 3.8) is 0 Å². The molecule has 5 heteroatoms. The molecule has 4 nitrogen and oxygen atoms in total.